The second kappa shape index (κ2) is 7.34. The number of hydrogen-bond donors (Lipinski definition) is 1. The summed E-state index contributed by atoms with van der Waals surface area (Å²) in [5.74, 6) is 0.518. The minimum atomic E-state index is -4.04. The van der Waals surface area contributed by atoms with Crippen LogP contribution >= 0.6 is 11.6 Å². The molecule has 0 aliphatic carbocycles. The molecule has 15 heavy (non-hydrogen) atoms. The molecule has 0 spiro atoms. The Morgan fingerprint density at radius 3 is 2.33 bits per heavy atom. The smallest absolute Gasteiger partial charge is 0.315 e. The Morgan fingerprint density at radius 1 is 1.27 bits per heavy atom. The number of hydrogen-bond acceptors (Lipinski definition) is 1. The lowest BCUT2D eigenvalue weighted by Crippen LogP contribution is -2.26. The molecule has 0 saturated heterocycles. The lowest BCUT2D eigenvalue weighted by atomic mass is 10.1. The van der Waals surface area contributed by atoms with Crippen molar-refractivity contribution in [3.05, 3.63) is 0 Å². The standard InChI is InChI=1S/C10H19ClF3N/c1-8(2)6-9(11)7-15-5-3-4-10(12,13)14/h8-9,15H,3-7H2,1-2H3. The van der Waals surface area contributed by atoms with Crippen LogP contribution in [0.15, 0.2) is 0 Å². The van der Waals surface area contributed by atoms with Gasteiger partial charge < -0.3 is 5.32 Å². The normalized spacial score (nSPS) is 14.6. The minimum Gasteiger partial charge on any atom is -0.315 e. The molecule has 1 atom stereocenters. The van der Waals surface area contributed by atoms with Crippen LogP contribution in [0.5, 0.6) is 0 Å². The van der Waals surface area contributed by atoms with Gasteiger partial charge in [0.25, 0.3) is 0 Å². The summed E-state index contributed by atoms with van der Waals surface area (Å²) in [4.78, 5) is 0. The summed E-state index contributed by atoms with van der Waals surface area (Å²) in [5.41, 5.74) is 0. The summed E-state index contributed by atoms with van der Waals surface area (Å²) in [6, 6.07) is 0. The van der Waals surface area contributed by atoms with Gasteiger partial charge in [0, 0.05) is 18.3 Å². The molecule has 1 nitrogen and oxygen atoms in total. The van der Waals surface area contributed by atoms with E-state index in [0.717, 1.165) is 6.42 Å². The molecule has 5 heteroatoms. The molecule has 0 rings (SSSR count). The lowest BCUT2D eigenvalue weighted by Gasteiger charge is -2.13. The predicted octanol–water partition coefficient (Wildman–Crippen LogP) is 3.57. The Kier molecular flexibility index (Phi) is 7.36. The fourth-order valence-corrected chi connectivity index (χ4v) is 1.73. The van der Waals surface area contributed by atoms with Crippen LogP contribution in [0.25, 0.3) is 0 Å². The molecular formula is C10H19ClF3N. The number of rotatable bonds is 7. The first-order valence-corrected chi connectivity index (χ1v) is 5.66. The molecule has 0 aromatic carbocycles. The molecule has 1 unspecified atom stereocenters. The third-order valence-electron chi connectivity index (χ3n) is 1.91. The van der Waals surface area contributed by atoms with E-state index in [1.807, 2.05) is 0 Å². The molecule has 0 aliphatic heterocycles. The molecule has 0 aromatic heterocycles. The van der Waals surface area contributed by atoms with Crippen LogP contribution in [0, 0.1) is 5.92 Å². The van der Waals surface area contributed by atoms with Crippen LogP contribution in [0.1, 0.15) is 33.1 Å². The van der Waals surface area contributed by atoms with E-state index in [4.69, 9.17) is 11.6 Å². The maximum atomic E-state index is 11.8. The van der Waals surface area contributed by atoms with E-state index in [0.29, 0.717) is 19.0 Å². The summed E-state index contributed by atoms with van der Waals surface area (Å²) in [6.07, 6.45) is -3.76. The summed E-state index contributed by atoms with van der Waals surface area (Å²) < 4.78 is 35.3. The highest BCUT2D eigenvalue weighted by atomic mass is 35.5. The minimum absolute atomic E-state index is 0.0101. The Morgan fingerprint density at radius 2 is 1.87 bits per heavy atom. The van der Waals surface area contributed by atoms with Crippen LogP contribution in [0.3, 0.4) is 0 Å². The maximum absolute atomic E-state index is 11.8. The van der Waals surface area contributed by atoms with Gasteiger partial charge >= 0.3 is 6.18 Å². The van der Waals surface area contributed by atoms with Gasteiger partial charge in [-0.15, -0.1) is 11.6 Å². The highest BCUT2D eigenvalue weighted by Crippen LogP contribution is 2.20. The largest absolute Gasteiger partial charge is 0.389 e. The maximum Gasteiger partial charge on any atom is 0.389 e. The Bertz CT molecular complexity index is 159. The van der Waals surface area contributed by atoms with Crippen LogP contribution in [-0.4, -0.2) is 24.6 Å². The zero-order chi connectivity index (χ0) is 11.9. The molecule has 0 aromatic rings. The molecule has 0 heterocycles. The van der Waals surface area contributed by atoms with Crippen molar-refractivity contribution in [3.8, 4) is 0 Å². The highest BCUT2D eigenvalue weighted by molar-refractivity contribution is 6.20. The van der Waals surface area contributed by atoms with Gasteiger partial charge in [-0.1, -0.05) is 13.8 Å². The molecule has 0 radical (unpaired) electrons. The fourth-order valence-electron chi connectivity index (χ4n) is 1.27. The van der Waals surface area contributed by atoms with Gasteiger partial charge in [-0.2, -0.15) is 13.2 Å². The summed E-state index contributed by atoms with van der Waals surface area (Å²) in [7, 11) is 0. The van der Waals surface area contributed by atoms with Crippen LogP contribution in [-0.2, 0) is 0 Å². The van der Waals surface area contributed by atoms with Crippen molar-refractivity contribution in [1.82, 2.24) is 5.32 Å². The van der Waals surface area contributed by atoms with Gasteiger partial charge in [-0.3, -0.25) is 0 Å². The van der Waals surface area contributed by atoms with E-state index >= 15 is 0 Å². The Hall–Kier alpha value is 0.0400. The van der Waals surface area contributed by atoms with Gasteiger partial charge in [-0.05, 0) is 25.3 Å². The van der Waals surface area contributed by atoms with Crippen molar-refractivity contribution in [2.24, 2.45) is 5.92 Å². The van der Waals surface area contributed by atoms with Crippen molar-refractivity contribution in [1.29, 1.82) is 0 Å². The molecular weight excluding hydrogens is 227 g/mol. The third kappa shape index (κ3) is 12.0. The van der Waals surface area contributed by atoms with E-state index in [9.17, 15) is 13.2 Å². The van der Waals surface area contributed by atoms with E-state index in [-0.39, 0.29) is 11.8 Å². The predicted molar refractivity (Wildman–Crippen MR) is 57.3 cm³/mol. The lowest BCUT2D eigenvalue weighted by molar-refractivity contribution is -0.135. The number of alkyl halides is 4. The van der Waals surface area contributed by atoms with Gasteiger partial charge in [-0.25, -0.2) is 0 Å². The van der Waals surface area contributed by atoms with E-state index < -0.39 is 12.6 Å². The second-order valence-corrected chi connectivity index (χ2v) is 4.77. The molecule has 0 amide bonds. The molecule has 0 bridgehead atoms. The molecule has 0 aliphatic rings. The van der Waals surface area contributed by atoms with Gasteiger partial charge in [0.1, 0.15) is 0 Å². The zero-order valence-corrected chi connectivity index (χ0v) is 9.96. The molecule has 0 fully saturated rings. The summed E-state index contributed by atoms with van der Waals surface area (Å²) in [5, 5.41) is 2.94. The van der Waals surface area contributed by atoms with Crippen LogP contribution in [0.4, 0.5) is 13.2 Å². The monoisotopic (exact) mass is 245 g/mol. The van der Waals surface area contributed by atoms with Crippen molar-refractivity contribution < 1.29 is 13.2 Å². The topological polar surface area (TPSA) is 12.0 Å². The highest BCUT2D eigenvalue weighted by Gasteiger charge is 2.25. The van der Waals surface area contributed by atoms with E-state index in [1.54, 1.807) is 0 Å². The Labute approximate surface area is 94.4 Å². The van der Waals surface area contributed by atoms with Crippen LogP contribution in [0.2, 0.25) is 0 Å². The SMILES string of the molecule is CC(C)CC(Cl)CNCCCC(F)(F)F. The van der Waals surface area contributed by atoms with Crippen molar-refractivity contribution in [3.63, 3.8) is 0 Å². The Balaban J connectivity index is 3.31. The number of halogens is 4. The fraction of sp³-hybridized carbons (Fsp3) is 1.00. The van der Waals surface area contributed by atoms with Crippen molar-refractivity contribution in [2.45, 2.75) is 44.7 Å². The molecule has 0 saturated carbocycles. The van der Waals surface area contributed by atoms with Crippen molar-refractivity contribution >= 4 is 11.6 Å². The number of nitrogens with one attached hydrogen (secondary N) is 1. The first-order chi connectivity index (χ1) is 6.81. The molecule has 92 valence electrons. The zero-order valence-electron chi connectivity index (χ0n) is 9.20. The van der Waals surface area contributed by atoms with E-state index in [1.165, 1.54) is 0 Å². The van der Waals surface area contributed by atoms with Gasteiger partial charge in [0.2, 0.25) is 0 Å². The average molecular weight is 246 g/mol. The third-order valence-corrected chi connectivity index (χ3v) is 2.24. The van der Waals surface area contributed by atoms with Gasteiger partial charge in [0.05, 0.1) is 0 Å². The first-order valence-electron chi connectivity index (χ1n) is 5.23. The van der Waals surface area contributed by atoms with Crippen molar-refractivity contribution in [2.75, 3.05) is 13.1 Å². The van der Waals surface area contributed by atoms with Gasteiger partial charge in [0.15, 0.2) is 0 Å². The summed E-state index contributed by atoms with van der Waals surface area (Å²) >= 11 is 5.96. The van der Waals surface area contributed by atoms with E-state index in [2.05, 4.69) is 19.2 Å². The summed E-state index contributed by atoms with van der Waals surface area (Å²) in [6.45, 7) is 5.09. The van der Waals surface area contributed by atoms with Crippen LogP contribution < -0.4 is 5.32 Å². The first kappa shape index (κ1) is 15.0. The molecule has 1 N–H and O–H groups in total. The quantitative estimate of drug-likeness (QED) is 0.534. The average Bonchev–Trinajstić information content (AvgIpc) is 1.99. The second-order valence-electron chi connectivity index (χ2n) is 4.15.